The second kappa shape index (κ2) is 8.03. The van der Waals surface area contributed by atoms with Gasteiger partial charge in [-0.2, -0.15) is 0 Å². The van der Waals surface area contributed by atoms with Gasteiger partial charge in [-0.3, -0.25) is 4.79 Å². The SMILES string of the molecule is CCOc1cc(C)ccc1NC(=O)CCC1CCCCN1. The van der Waals surface area contributed by atoms with E-state index < -0.39 is 0 Å². The largest absolute Gasteiger partial charge is 0.492 e. The summed E-state index contributed by atoms with van der Waals surface area (Å²) in [5.41, 5.74) is 1.90. The number of hydrogen-bond acceptors (Lipinski definition) is 3. The molecule has 1 aliphatic rings. The topological polar surface area (TPSA) is 50.4 Å². The Morgan fingerprint density at radius 1 is 1.43 bits per heavy atom. The van der Waals surface area contributed by atoms with Crippen LogP contribution in [0, 0.1) is 6.92 Å². The van der Waals surface area contributed by atoms with Crippen LogP contribution in [0.2, 0.25) is 0 Å². The first-order chi connectivity index (χ1) is 10.2. The van der Waals surface area contributed by atoms with Gasteiger partial charge in [-0.1, -0.05) is 12.5 Å². The number of rotatable bonds is 6. The van der Waals surface area contributed by atoms with Gasteiger partial charge in [-0.15, -0.1) is 0 Å². The van der Waals surface area contributed by atoms with Crippen LogP contribution >= 0.6 is 0 Å². The second-order valence-electron chi connectivity index (χ2n) is 5.67. The molecule has 0 radical (unpaired) electrons. The first-order valence-corrected chi connectivity index (χ1v) is 7.95. The summed E-state index contributed by atoms with van der Waals surface area (Å²) in [6.07, 6.45) is 5.16. The molecule has 1 aromatic carbocycles. The molecule has 1 aromatic rings. The number of anilines is 1. The van der Waals surface area contributed by atoms with Crippen molar-refractivity contribution >= 4 is 11.6 Å². The lowest BCUT2D eigenvalue weighted by atomic mass is 10.0. The van der Waals surface area contributed by atoms with Gasteiger partial charge in [0.2, 0.25) is 5.91 Å². The van der Waals surface area contributed by atoms with E-state index >= 15 is 0 Å². The van der Waals surface area contributed by atoms with Crippen LogP contribution in [0.5, 0.6) is 5.75 Å². The van der Waals surface area contributed by atoms with Crippen molar-refractivity contribution in [1.29, 1.82) is 0 Å². The summed E-state index contributed by atoms with van der Waals surface area (Å²) in [6, 6.07) is 6.36. The third-order valence-electron chi connectivity index (χ3n) is 3.84. The molecule has 1 aliphatic heterocycles. The normalized spacial score (nSPS) is 18.3. The number of amides is 1. The molecule has 21 heavy (non-hydrogen) atoms. The van der Waals surface area contributed by atoms with Gasteiger partial charge >= 0.3 is 0 Å². The Morgan fingerprint density at radius 2 is 2.29 bits per heavy atom. The van der Waals surface area contributed by atoms with Crippen molar-refractivity contribution in [2.75, 3.05) is 18.5 Å². The smallest absolute Gasteiger partial charge is 0.224 e. The summed E-state index contributed by atoms with van der Waals surface area (Å²) in [4.78, 5) is 12.1. The third kappa shape index (κ3) is 5.05. The van der Waals surface area contributed by atoms with E-state index in [9.17, 15) is 4.79 Å². The van der Waals surface area contributed by atoms with Crippen molar-refractivity contribution in [3.8, 4) is 5.75 Å². The minimum atomic E-state index is 0.0622. The Kier molecular flexibility index (Phi) is 6.05. The first-order valence-electron chi connectivity index (χ1n) is 7.95. The van der Waals surface area contributed by atoms with Gasteiger partial charge in [0.1, 0.15) is 5.75 Å². The van der Waals surface area contributed by atoms with Gasteiger partial charge in [-0.25, -0.2) is 0 Å². The number of carbonyl (C=O) groups is 1. The molecule has 0 aromatic heterocycles. The number of piperidine rings is 1. The Labute approximate surface area is 127 Å². The highest BCUT2D eigenvalue weighted by atomic mass is 16.5. The predicted molar refractivity (Wildman–Crippen MR) is 85.9 cm³/mol. The lowest BCUT2D eigenvalue weighted by Crippen LogP contribution is -2.34. The highest BCUT2D eigenvalue weighted by molar-refractivity contribution is 5.92. The summed E-state index contributed by atoms with van der Waals surface area (Å²) < 4.78 is 5.59. The highest BCUT2D eigenvalue weighted by Gasteiger charge is 2.15. The predicted octanol–water partition coefficient (Wildman–Crippen LogP) is 3.25. The van der Waals surface area contributed by atoms with Gasteiger partial charge in [0.25, 0.3) is 0 Å². The second-order valence-corrected chi connectivity index (χ2v) is 5.67. The molecule has 1 atom stereocenters. The number of benzene rings is 1. The molecule has 0 aliphatic carbocycles. The zero-order valence-electron chi connectivity index (χ0n) is 13.1. The number of hydrogen-bond donors (Lipinski definition) is 2. The summed E-state index contributed by atoms with van der Waals surface area (Å²) in [6.45, 7) is 5.64. The molecule has 2 N–H and O–H groups in total. The van der Waals surface area contributed by atoms with E-state index in [0.29, 0.717) is 19.1 Å². The molecule has 1 fully saturated rings. The molecule has 0 saturated carbocycles. The van der Waals surface area contributed by atoms with Crippen molar-refractivity contribution < 1.29 is 9.53 Å². The molecular weight excluding hydrogens is 264 g/mol. The minimum absolute atomic E-state index is 0.0622. The van der Waals surface area contributed by atoms with Crippen LogP contribution < -0.4 is 15.4 Å². The maximum atomic E-state index is 12.1. The molecule has 1 heterocycles. The lowest BCUT2D eigenvalue weighted by molar-refractivity contribution is -0.116. The zero-order valence-corrected chi connectivity index (χ0v) is 13.1. The average Bonchev–Trinajstić information content (AvgIpc) is 2.49. The average molecular weight is 290 g/mol. The molecule has 116 valence electrons. The summed E-state index contributed by atoms with van der Waals surface area (Å²) in [7, 11) is 0. The molecule has 4 nitrogen and oxygen atoms in total. The van der Waals surface area contributed by atoms with Gasteiger partial charge in [0, 0.05) is 12.5 Å². The third-order valence-corrected chi connectivity index (χ3v) is 3.84. The number of ether oxygens (including phenoxy) is 1. The van der Waals surface area contributed by atoms with E-state index in [1.165, 1.54) is 19.3 Å². The number of aryl methyl sites for hydroxylation is 1. The van der Waals surface area contributed by atoms with E-state index in [1.54, 1.807) is 0 Å². The summed E-state index contributed by atoms with van der Waals surface area (Å²) in [5, 5.41) is 6.44. The molecule has 1 unspecified atom stereocenters. The Hall–Kier alpha value is -1.55. The zero-order chi connectivity index (χ0) is 15.1. The van der Waals surface area contributed by atoms with Gasteiger partial charge in [0.05, 0.1) is 12.3 Å². The van der Waals surface area contributed by atoms with Gasteiger partial charge in [0.15, 0.2) is 0 Å². The van der Waals surface area contributed by atoms with E-state index in [4.69, 9.17) is 4.74 Å². The number of carbonyl (C=O) groups excluding carboxylic acids is 1. The van der Waals surface area contributed by atoms with Crippen molar-refractivity contribution in [1.82, 2.24) is 5.32 Å². The van der Waals surface area contributed by atoms with Gasteiger partial charge < -0.3 is 15.4 Å². The van der Waals surface area contributed by atoms with Crippen LogP contribution in [-0.4, -0.2) is 25.1 Å². The van der Waals surface area contributed by atoms with Crippen molar-refractivity contribution in [2.45, 2.75) is 52.0 Å². The van der Waals surface area contributed by atoms with E-state index in [1.807, 2.05) is 32.0 Å². The Bertz CT molecular complexity index is 468. The Balaban J connectivity index is 1.86. The van der Waals surface area contributed by atoms with Gasteiger partial charge in [-0.05, 0) is 57.4 Å². The van der Waals surface area contributed by atoms with Crippen LogP contribution in [0.15, 0.2) is 18.2 Å². The van der Waals surface area contributed by atoms with E-state index in [-0.39, 0.29) is 5.91 Å². The quantitative estimate of drug-likeness (QED) is 0.845. The summed E-state index contributed by atoms with van der Waals surface area (Å²) >= 11 is 0. The van der Waals surface area contributed by atoms with E-state index in [0.717, 1.165) is 30.0 Å². The fourth-order valence-corrected chi connectivity index (χ4v) is 2.70. The first kappa shape index (κ1) is 15.8. The Morgan fingerprint density at radius 3 is 3.00 bits per heavy atom. The molecular formula is C17H26N2O2. The minimum Gasteiger partial charge on any atom is -0.492 e. The van der Waals surface area contributed by atoms with E-state index in [2.05, 4.69) is 10.6 Å². The van der Waals surface area contributed by atoms with Crippen molar-refractivity contribution in [3.63, 3.8) is 0 Å². The molecule has 2 rings (SSSR count). The van der Waals surface area contributed by atoms with Crippen LogP contribution in [0.3, 0.4) is 0 Å². The van der Waals surface area contributed by atoms with Crippen LogP contribution in [0.1, 0.15) is 44.6 Å². The standard InChI is InChI=1S/C17H26N2O2/c1-3-21-16-12-13(2)7-9-15(16)19-17(20)10-8-14-6-4-5-11-18-14/h7,9,12,14,18H,3-6,8,10-11H2,1-2H3,(H,19,20). The molecule has 4 heteroatoms. The monoisotopic (exact) mass is 290 g/mol. The van der Waals surface area contributed by atoms with Crippen molar-refractivity contribution in [3.05, 3.63) is 23.8 Å². The van der Waals surface area contributed by atoms with Crippen molar-refractivity contribution in [2.24, 2.45) is 0 Å². The molecule has 1 amide bonds. The number of nitrogens with one attached hydrogen (secondary N) is 2. The fraction of sp³-hybridized carbons (Fsp3) is 0.588. The van der Waals surface area contributed by atoms with Crippen LogP contribution in [-0.2, 0) is 4.79 Å². The van der Waals surface area contributed by atoms with Crippen LogP contribution in [0.4, 0.5) is 5.69 Å². The highest BCUT2D eigenvalue weighted by Crippen LogP contribution is 2.26. The maximum absolute atomic E-state index is 12.1. The fourth-order valence-electron chi connectivity index (χ4n) is 2.70. The van der Waals surface area contributed by atoms with Crippen LogP contribution in [0.25, 0.3) is 0 Å². The molecule has 1 saturated heterocycles. The summed E-state index contributed by atoms with van der Waals surface area (Å²) in [5.74, 6) is 0.814. The molecule has 0 spiro atoms. The maximum Gasteiger partial charge on any atom is 0.224 e. The molecule has 0 bridgehead atoms. The lowest BCUT2D eigenvalue weighted by Gasteiger charge is -2.23.